The Morgan fingerprint density at radius 3 is 2.75 bits per heavy atom. The molecule has 0 saturated heterocycles. The van der Waals surface area contributed by atoms with E-state index in [-0.39, 0.29) is 6.54 Å². The summed E-state index contributed by atoms with van der Waals surface area (Å²) < 4.78 is 1.65. The predicted octanol–water partition coefficient (Wildman–Crippen LogP) is -0.0236. The monoisotopic (exact) mass is 169 g/mol. The summed E-state index contributed by atoms with van der Waals surface area (Å²) >= 11 is 0. The van der Waals surface area contributed by atoms with Gasteiger partial charge in [0.1, 0.15) is 5.60 Å². The number of rotatable bonds is 3. The van der Waals surface area contributed by atoms with Crippen molar-refractivity contribution in [2.24, 2.45) is 12.8 Å². The van der Waals surface area contributed by atoms with Gasteiger partial charge in [0.05, 0.1) is 5.69 Å². The van der Waals surface area contributed by atoms with E-state index in [0.29, 0.717) is 6.42 Å². The van der Waals surface area contributed by atoms with E-state index in [0.717, 1.165) is 5.69 Å². The van der Waals surface area contributed by atoms with Gasteiger partial charge in [0, 0.05) is 19.8 Å². The fourth-order valence-electron chi connectivity index (χ4n) is 1.26. The van der Waals surface area contributed by atoms with Gasteiger partial charge in [-0.1, -0.05) is 6.92 Å². The zero-order valence-corrected chi connectivity index (χ0v) is 7.49. The summed E-state index contributed by atoms with van der Waals surface area (Å²) in [6.45, 7) is 2.13. The smallest absolute Gasteiger partial charge is 0.118 e. The Morgan fingerprint density at radius 1 is 1.75 bits per heavy atom. The fraction of sp³-hybridized carbons (Fsp3) is 0.625. The van der Waals surface area contributed by atoms with Gasteiger partial charge < -0.3 is 10.8 Å². The van der Waals surface area contributed by atoms with Gasteiger partial charge in [0.2, 0.25) is 0 Å². The van der Waals surface area contributed by atoms with Crippen LogP contribution in [0.1, 0.15) is 19.0 Å². The van der Waals surface area contributed by atoms with Crippen molar-refractivity contribution in [3.8, 4) is 0 Å². The highest BCUT2D eigenvalue weighted by atomic mass is 16.3. The van der Waals surface area contributed by atoms with Crippen molar-refractivity contribution in [3.63, 3.8) is 0 Å². The molecular formula is C8H15N3O. The largest absolute Gasteiger partial charge is 0.382 e. The standard InChI is InChI=1S/C8H15N3O/c1-3-8(12,6-9)7-4-5-10-11(7)2/h4-5,12H,3,6,9H2,1-2H3. The van der Waals surface area contributed by atoms with E-state index < -0.39 is 5.60 Å². The van der Waals surface area contributed by atoms with E-state index >= 15 is 0 Å². The van der Waals surface area contributed by atoms with Crippen molar-refractivity contribution in [1.82, 2.24) is 9.78 Å². The Hall–Kier alpha value is -0.870. The summed E-state index contributed by atoms with van der Waals surface area (Å²) in [5, 5.41) is 14.0. The second-order valence-corrected chi connectivity index (χ2v) is 2.93. The number of aliphatic hydroxyl groups is 1. The Morgan fingerprint density at radius 2 is 2.42 bits per heavy atom. The quantitative estimate of drug-likeness (QED) is 0.668. The molecule has 0 spiro atoms. The predicted molar refractivity (Wildman–Crippen MR) is 46.5 cm³/mol. The van der Waals surface area contributed by atoms with Gasteiger partial charge in [-0.05, 0) is 12.5 Å². The third-order valence-electron chi connectivity index (χ3n) is 2.22. The molecule has 3 N–H and O–H groups in total. The third kappa shape index (κ3) is 1.35. The lowest BCUT2D eigenvalue weighted by Crippen LogP contribution is -2.36. The number of aryl methyl sites for hydroxylation is 1. The summed E-state index contributed by atoms with van der Waals surface area (Å²) in [5.41, 5.74) is 5.33. The summed E-state index contributed by atoms with van der Waals surface area (Å²) in [4.78, 5) is 0. The number of nitrogens with two attached hydrogens (primary N) is 1. The molecule has 0 radical (unpaired) electrons. The molecule has 68 valence electrons. The minimum absolute atomic E-state index is 0.225. The van der Waals surface area contributed by atoms with Crippen molar-refractivity contribution >= 4 is 0 Å². The molecular weight excluding hydrogens is 154 g/mol. The maximum absolute atomic E-state index is 9.98. The normalized spacial score (nSPS) is 16.0. The molecule has 1 heterocycles. The molecule has 1 atom stereocenters. The molecule has 0 amide bonds. The van der Waals surface area contributed by atoms with Gasteiger partial charge in [-0.25, -0.2) is 0 Å². The highest BCUT2D eigenvalue weighted by molar-refractivity contribution is 5.11. The minimum Gasteiger partial charge on any atom is -0.382 e. The van der Waals surface area contributed by atoms with Gasteiger partial charge in [0.25, 0.3) is 0 Å². The van der Waals surface area contributed by atoms with E-state index in [1.54, 1.807) is 24.0 Å². The van der Waals surface area contributed by atoms with Gasteiger partial charge in [-0.15, -0.1) is 0 Å². The molecule has 1 rings (SSSR count). The van der Waals surface area contributed by atoms with Crippen LogP contribution in [-0.4, -0.2) is 21.4 Å². The van der Waals surface area contributed by atoms with Crippen molar-refractivity contribution in [2.45, 2.75) is 18.9 Å². The first-order valence-electron chi connectivity index (χ1n) is 4.05. The lowest BCUT2D eigenvalue weighted by atomic mass is 9.97. The first-order valence-corrected chi connectivity index (χ1v) is 4.05. The molecule has 1 aromatic rings. The topological polar surface area (TPSA) is 64.1 Å². The van der Waals surface area contributed by atoms with E-state index in [2.05, 4.69) is 5.10 Å². The number of hydrogen-bond acceptors (Lipinski definition) is 3. The van der Waals surface area contributed by atoms with Crippen LogP contribution in [0.4, 0.5) is 0 Å². The van der Waals surface area contributed by atoms with Gasteiger partial charge in [0.15, 0.2) is 0 Å². The van der Waals surface area contributed by atoms with Crippen LogP contribution >= 0.6 is 0 Å². The summed E-state index contributed by atoms with van der Waals surface area (Å²) in [7, 11) is 1.80. The molecule has 1 aromatic heterocycles. The molecule has 0 aliphatic heterocycles. The van der Waals surface area contributed by atoms with E-state index in [1.165, 1.54) is 0 Å². The average molecular weight is 169 g/mol. The number of hydrogen-bond donors (Lipinski definition) is 2. The molecule has 0 aromatic carbocycles. The van der Waals surface area contributed by atoms with Crippen molar-refractivity contribution in [2.75, 3.05) is 6.54 Å². The maximum atomic E-state index is 9.98. The fourth-order valence-corrected chi connectivity index (χ4v) is 1.26. The zero-order valence-electron chi connectivity index (χ0n) is 7.49. The van der Waals surface area contributed by atoms with Crippen LogP contribution in [-0.2, 0) is 12.6 Å². The SMILES string of the molecule is CCC(O)(CN)c1ccnn1C. The summed E-state index contributed by atoms with van der Waals surface area (Å²) in [5.74, 6) is 0. The molecule has 0 fully saturated rings. The highest BCUT2D eigenvalue weighted by Gasteiger charge is 2.27. The Bertz CT molecular complexity index is 253. The van der Waals surface area contributed by atoms with Crippen molar-refractivity contribution in [3.05, 3.63) is 18.0 Å². The minimum atomic E-state index is -0.925. The second kappa shape index (κ2) is 3.25. The Kier molecular flexibility index (Phi) is 2.49. The van der Waals surface area contributed by atoms with Gasteiger partial charge in [-0.2, -0.15) is 5.10 Å². The lowest BCUT2D eigenvalue weighted by molar-refractivity contribution is 0.0336. The molecule has 12 heavy (non-hydrogen) atoms. The van der Waals surface area contributed by atoms with E-state index in [9.17, 15) is 5.11 Å². The van der Waals surface area contributed by atoms with Crippen molar-refractivity contribution in [1.29, 1.82) is 0 Å². The summed E-state index contributed by atoms with van der Waals surface area (Å²) in [6, 6.07) is 1.79. The molecule has 0 aliphatic carbocycles. The molecule has 0 aliphatic rings. The van der Waals surface area contributed by atoms with Crippen LogP contribution in [0.25, 0.3) is 0 Å². The first kappa shape index (κ1) is 9.22. The molecule has 0 saturated carbocycles. The van der Waals surface area contributed by atoms with Crippen molar-refractivity contribution < 1.29 is 5.11 Å². The van der Waals surface area contributed by atoms with Crippen LogP contribution < -0.4 is 5.73 Å². The first-order chi connectivity index (χ1) is 5.64. The van der Waals surface area contributed by atoms with Crippen LogP contribution in [0.3, 0.4) is 0 Å². The average Bonchev–Trinajstić information content (AvgIpc) is 2.51. The molecule has 1 unspecified atom stereocenters. The van der Waals surface area contributed by atoms with E-state index in [4.69, 9.17) is 5.73 Å². The third-order valence-corrected chi connectivity index (χ3v) is 2.22. The number of aromatic nitrogens is 2. The van der Waals surface area contributed by atoms with E-state index in [1.807, 2.05) is 6.92 Å². The van der Waals surface area contributed by atoms with Crippen LogP contribution in [0.15, 0.2) is 12.3 Å². The molecule has 0 bridgehead atoms. The Labute approximate surface area is 72.0 Å². The van der Waals surface area contributed by atoms with Crippen LogP contribution in [0.2, 0.25) is 0 Å². The number of nitrogens with zero attached hydrogens (tertiary/aromatic N) is 2. The zero-order chi connectivity index (χ0) is 9.19. The lowest BCUT2D eigenvalue weighted by Gasteiger charge is -2.24. The molecule has 4 nitrogen and oxygen atoms in total. The van der Waals surface area contributed by atoms with Crippen LogP contribution in [0, 0.1) is 0 Å². The van der Waals surface area contributed by atoms with Crippen LogP contribution in [0.5, 0.6) is 0 Å². The highest BCUT2D eigenvalue weighted by Crippen LogP contribution is 2.22. The summed E-state index contributed by atoms with van der Waals surface area (Å²) in [6.07, 6.45) is 2.26. The second-order valence-electron chi connectivity index (χ2n) is 2.93. The van der Waals surface area contributed by atoms with Gasteiger partial charge >= 0.3 is 0 Å². The maximum Gasteiger partial charge on any atom is 0.118 e. The Balaban J connectivity index is 3.02. The van der Waals surface area contributed by atoms with Gasteiger partial charge in [-0.3, -0.25) is 4.68 Å². The molecule has 4 heteroatoms.